The Morgan fingerprint density at radius 1 is 1.17 bits per heavy atom. The van der Waals surface area contributed by atoms with Crippen molar-refractivity contribution in [1.29, 1.82) is 0 Å². The van der Waals surface area contributed by atoms with Crippen LogP contribution in [0.3, 0.4) is 0 Å². The van der Waals surface area contributed by atoms with Crippen molar-refractivity contribution in [3.63, 3.8) is 0 Å². The number of methoxy groups -OCH3 is 1. The van der Waals surface area contributed by atoms with Crippen LogP contribution in [0, 0.1) is 0 Å². The first kappa shape index (κ1) is 20.2. The number of nitrogens with zero attached hydrogens (tertiary/aromatic N) is 2. The van der Waals surface area contributed by atoms with Gasteiger partial charge in [0.15, 0.2) is 18.1 Å². The molecule has 0 unspecified atom stereocenters. The third-order valence-corrected chi connectivity index (χ3v) is 4.02. The van der Waals surface area contributed by atoms with Gasteiger partial charge in [0.1, 0.15) is 12.3 Å². The fraction of sp³-hybridized carbons (Fsp3) is 0.158. The van der Waals surface area contributed by atoms with Crippen LogP contribution in [0.5, 0.6) is 11.5 Å². The monoisotopic (exact) mass is 417 g/mol. The Balaban J connectivity index is 1.73. The predicted molar refractivity (Wildman–Crippen MR) is 103 cm³/mol. The van der Waals surface area contributed by atoms with E-state index in [0.29, 0.717) is 16.4 Å². The summed E-state index contributed by atoms with van der Waals surface area (Å²) in [6, 6.07) is 8.77. The lowest BCUT2D eigenvalue weighted by atomic mass is 10.2. The maximum atomic E-state index is 12.3. The van der Waals surface area contributed by atoms with Gasteiger partial charge in [-0.05, 0) is 30.3 Å². The van der Waals surface area contributed by atoms with Gasteiger partial charge in [-0.1, -0.05) is 11.6 Å². The number of primary amides is 1. The predicted octanol–water partition coefficient (Wildman–Crippen LogP) is 1.58. The van der Waals surface area contributed by atoms with Crippen LogP contribution in [0.2, 0.25) is 5.02 Å². The minimum atomic E-state index is -0.650. The summed E-state index contributed by atoms with van der Waals surface area (Å²) < 4.78 is 16.9. The molecular weight excluding hydrogens is 402 g/mol. The van der Waals surface area contributed by atoms with Crippen LogP contribution < -0.4 is 20.8 Å². The number of ether oxygens (including phenoxy) is 3. The van der Waals surface area contributed by atoms with Gasteiger partial charge >= 0.3 is 5.97 Å². The van der Waals surface area contributed by atoms with Crippen LogP contribution in [0.1, 0.15) is 16.1 Å². The first-order valence-electron chi connectivity index (χ1n) is 8.31. The molecule has 3 aromatic rings. The molecular formula is C19H16ClN3O6. The summed E-state index contributed by atoms with van der Waals surface area (Å²) in [5, 5.41) is 0.401. The molecule has 0 spiro atoms. The van der Waals surface area contributed by atoms with E-state index in [9.17, 15) is 14.4 Å². The molecule has 0 aliphatic heterocycles. The SMILES string of the molecule is COc1cc(C(=O)OCc2cc(=O)n3cc(Cl)ccc3n2)ccc1OCC(N)=O. The van der Waals surface area contributed by atoms with Gasteiger partial charge in [0.25, 0.3) is 11.5 Å². The Bertz CT molecular complexity index is 1140. The molecule has 0 aliphatic carbocycles. The fourth-order valence-corrected chi connectivity index (χ4v) is 2.65. The molecule has 10 heteroatoms. The lowest BCUT2D eigenvalue weighted by Gasteiger charge is -2.11. The second-order valence-corrected chi connectivity index (χ2v) is 6.29. The molecule has 2 heterocycles. The minimum Gasteiger partial charge on any atom is -0.493 e. The molecule has 1 aromatic carbocycles. The number of fused-ring (bicyclic) bond motifs is 1. The highest BCUT2D eigenvalue weighted by Gasteiger charge is 2.14. The smallest absolute Gasteiger partial charge is 0.338 e. The van der Waals surface area contributed by atoms with Gasteiger partial charge in [0.05, 0.1) is 23.4 Å². The summed E-state index contributed by atoms with van der Waals surface area (Å²) in [6.45, 7) is -0.524. The molecule has 0 fully saturated rings. The van der Waals surface area contributed by atoms with Gasteiger partial charge < -0.3 is 19.9 Å². The quantitative estimate of drug-likeness (QED) is 0.579. The van der Waals surface area contributed by atoms with E-state index in [1.165, 1.54) is 42.0 Å². The van der Waals surface area contributed by atoms with Crippen molar-refractivity contribution in [2.24, 2.45) is 5.73 Å². The Hall–Kier alpha value is -3.59. The average Bonchev–Trinajstić information content (AvgIpc) is 2.70. The summed E-state index contributed by atoms with van der Waals surface area (Å²) in [4.78, 5) is 39.6. The van der Waals surface area contributed by atoms with Crippen molar-refractivity contribution in [1.82, 2.24) is 9.38 Å². The van der Waals surface area contributed by atoms with Gasteiger partial charge in [0.2, 0.25) is 0 Å². The number of amides is 1. The van der Waals surface area contributed by atoms with E-state index in [1.807, 2.05) is 0 Å². The maximum Gasteiger partial charge on any atom is 0.338 e. The zero-order chi connectivity index (χ0) is 21.0. The molecule has 0 radical (unpaired) electrons. The highest BCUT2D eigenvalue weighted by atomic mass is 35.5. The minimum absolute atomic E-state index is 0.192. The van der Waals surface area contributed by atoms with Crippen LogP contribution in [-0.4, -0.2) is 35.0 Å². The van der Waals surface area contributed by atoms with E-state index in [0.717, 1.165) is 0 Å². The standard InChI is InChI=1S/C19H16ClN3O6/c1-27-15-6-11(2-4-14(15)28-10-16(21)24)19(26)29-9-13-7-18(25)23-8-12(20)3-5-17(23)22-13/h2-8H,9-10H2,1H3,(H2,21,24). The van der Waals surface area contributed by atoms with E-state index in [1.54, 1.807) is 12.1 Å². The first-order valence-corrected chi connectivity index (χ1v) is 8.69. The fourth-order valence-electron chi connectivity index (χ4n) is 2.49. The molecule has 0 atom stereocenters. The number of rotatable bonds is 7. The molecule has 1 amide bonds. The Labute approximate surface area is 169 Å². The zero-order valence-corrected chi connectivity index (χ0v) is 16.0. The molecule has 0 saturated heterocycles. The van der Waals surface area contributed by atoms with Gasteiger partial charge in [-0.2, -0.15) is 0 Å². The lowest BCUT2D eigenvalue weighted by molar-refractivity contribution is -0.119. The maximum absolute atomic E-state index is 12.3. The highest BCUT2D eigenvalue weighted by Crippen LogP contribution is 2.28. The van der Waals surface area contributed by atoms with E-state index in [4.69, 9.17) is 31.5 Å². The normalized spacial score (nSPS) is 10.6. The van der Waals surface area contributed by atoms with Crippen LogP contribution in [0.4, 0.5) is 0 Å². The van der Waals surface area contributed by atoms with Crippen molar-refractivity contribution in [3.05, 3.63) is 69.2 Å². The summed E-state index contributed by atoms with van der Waals surface area (Å²) in [5.41, 5.74) is 5.56. The number of halogens is 1. The van der Waals surface area contributed by atoms with Crippen molar-refractivity contribution in [3.8, 4) is 11.5 Å². The number of carbonyl (C=O) groups excluding carboxylic acids is 2. The van der Waals surface area contributed by atoms with Gasteiger partial charge in [-0.15, -0.1) is 0 Å². The number of pyridine rings is 1. The van der Waals surface area contributed by atoms with E-state index >= 15 is 0 Å². The molecule has 0 bridgehead atoms. The third-order valence-electron chi connectivity index (χ3n) is 3.80. The lowest BCUT2D eigenvalue weighted by Crippen LogP contribution is -2.20. The third kappa shape index (κ3) is 4.82. The summed E-state index contributed by atoms with van der Waals surface area (Å²) in [7, 11) is 1.39. The van der Waals surface area contributed by atoms with Crippen molar-refractivity contribution >= 4 is 29.1 Å². The number of hydrogen-bond donors (Lipinski definition) is 1. The van der Waals surface area contributed by atoms with E-state index < -0.39 is 11.9 Å². The first-order chi connectivity index (χ1) is 13.9. The zero-order valence-electron chi connectivity index (χ0n) is 15.3. The topological polar surface area (TPSA) is 122 Å². The van der Waals surface area contributed by atoms with Crippen LogP contribution >= 0.6 is 11.6 Å². The Kier molecular flexibility index (Phi) is 5.99. The number of hydrogen-bond acceptors (Lipinski definition) is 7. The van der Waals surface area contributed by atoms with Crippen LogP contribution in [0.25, 0.3) is 5.65 Å². The highest BCUT2D eigenvalue weighted by molar-refractivity contribution is 6.30. The van der Waals surface area contributed by atoms with E-state index in [-0.39, 0.29) is 35.8 Å². The summed E-state index contributed by atoms with van der Waals surface area (Å²) in [5.74, 6) is -0.801. The number of esters is 1. The number of benzene rings is 1. The molecule has 2 aromatic heterocycles. The van der Waals surface area contributed by atoms with Crippen molar-refractivity contribution < 1.29 is 23.8 Å². The van der Waals surface area contributed by atoms with Crippen LogP contribution in [-0.2, 0) is 16.1 Å². The molecule has 3 rings (SSSR count). The number of carbonyl (C=O) groups is 2. The largest absolute Gasteiger partial charge is 0.493 e. The number of aromatic nitrogens is 2. The van der Waals surface area contributed by atoms with Crippen molar-refractivity contribution in [2.75, 3.05) is 13.7 Å². The van der Waals surface area contributed by atoms with Gasteiger partial charge in [-0.25, -0.2) is 9.78 Å². The molecule has 0 aliphatic rings. The molecule has 2 N–H and O–H groups in total. The average molecular weight is 418 g/mol. The Morgan fingerprint density at radius 2 is 1.97 bits per heavy atom. The molecule has 0 saturated carbocycles. The van der Waals surface area contributed by atoms with Crippen LogP contribution in [0.15, 0.2) is 47.4 Å². The van der Waals surface area contributed by atoms with Gasteiger partial charge in [0, 0.05) is 12.3 Å². The summed E-state index contributed by atoms with van der Waals surface area (Å²) in [6.07, 6.45) is 1.45. The molecule has 150 valence electrons. The second-order valence-electron chi connectivity index (χ2n) is 5.86. The second kappa shape index (κ2) is 8.61. The molecule has 29 heavy (non-hydrogen) atoms. The Morgan fingerprint density at radius 3 is 2.69 bits per heavy atom. The van der Waals surface area contributed by atoms with E-state index in [2.05, 4.69) is 4.98 Å². The molecule has 9 nitrogen and oxygen atoms in total. The van der Waals surface area contributed by atoms with Gasteiger partial charge in [-0.3, -0.25) is 14.0 Å². The number of nitrogens with two attached hydrogens (primary N) is 1. The summed E-state index contributed by atoms with van der Waals surface area (Å²) >= 11 is 5.87. The van der Waals surface area contributed by atoms with Crippen molar-refractivity contribution in [2.45, 2.75) is 6.61 Å².